The number of hydrogen-bond acceptors (Lipinski definition) is 5. The minimum atomic E-state index is -1.04. The molecule has 0 unspecified atom stereocenters. The number of benzene rings is 3. The molecule has 0 aliphatic carbocycles. The number of carboxylic acids is 1. The maximum atomic E-state index is 11.3. The van der Waals surface area contributed by atoms with Crippen molar-refractivity contribution in [2.75, 3.05) is 20.8 Å². The number of carbonyl (C=O) groups is 1. The molecule has 0 saturated carbocycles. The Bertz CT molecular complexity index is 1390. The molecule has 3 aromatic carbocycles. The molecular weight excluding hydrogens is 468 g/mol. The molecule has 0 radical (unpaired) electrons. The zero-order chi connectivity index (χ0) is 26.6. The molecule has 37 heavy (non-hydrogen) atoms. The summed E-state index contributed by atoms with van der Waals surface area (Å²) >= 11 is 0. The summed E-state index contributed by atoms with van der Waals surface area (Å²) in [5.41, 5.74) is 5.03. The van der Waals surface area contributed by atoms with Crippen molar-refractivity contribution in [3.63, 3.8) is 0 Å². The van der Waals surface area contributed by atoms with Crippen molar-refractivity contribution in [2.24, 2.45) is 0 Å². The van der Waals surface area contributed by atoms with Crippen LogP contribution in [0.25, 0.3) is 22.5 Å². The molecule has 0 aliphatic heterocycles. The Morgan fingerprint density at radius 3 is 2.30 bits per heavy atom. The molecule has 4 rings (SSSR count). The second kappa shape index (κ2) is 10.8. The summed E-state index contributed by atoms with van der Waals surface area (Å²) in [6, 6.07) is 23.6. The number of hydrogen-bond donors (Lipinski definition) is 1. The van der Waals surface area contributed by atoms with E-state index >= 15 is 0 Å². The van der Waals surface area contributed by atoms with Crippen molar-refractivity contribution < 1.29 is 24.1 Å². The number of ether oxygens (including phenoxy) is 3. The van der Waals surface area contributed by atoms with E-state index in [-0.39, 0.29) is 5.41 Å². The third-order valence-electron chi connectivity index (χ3n) is 6.11. The van der Waals surface area contributed by atoms with Gasteiger partial charge in [-0.15, -0.1) is 0 Å². The van der Waals surface area contributed by atoms with E-state index in [1.807, 2.05) is 77.5 Å². The van der Waals surface area contributed by atoms with Gasteiger partial charge in [0.1, 0.15) is 5.75 Å². The second-order valence-electron chi connectivity index (χ2n) is 9.74. The molecule has 1 heterocycles. The topological polar surface area (TPSA) is 82.8 Å². The Hall–Kier alpha value is -4.26. The minimum Gasteiger partial charge on any atom is -0.493 e. The van der Waals surface area contributed by atoms with Gasteiger partial charge in [0.05, 0.1) is 32.2 Å². The van der Waals surface area contributed by atoms with Gasteiger partial charge < -0.3 is 19.3 Å². The summed E-state index contributed by atoms with van der Waals surface area (Å²) in [6.45, 7) is 6.39. The van der Waals surface area contributed by atoms with Crippen LogP contribution < -0.4 is 14.2 Å². The van der Waals surface area contributed by atoms with Crippen LogP contribution in [0, 0.1) is 0 Å². The summed E-state index contributed by atoms with van der Waals surface area (Å²) in [7, 11) is 3.22. The van der Waals surface area contributed by atoms with Crippen LogP contribution in [0.1, 0.15) is 31.9 Å². The summed E-state index contributed by atoms with van der Waals surface area (Å²) < 4.78 is 18.9. The van der Waals surface area contributed by atoms with Gasteiger partial charge in [0.25, 0.3) is 0 Å². The molecular formula is C30H32N2O5. The Balaban J connectivity index is 1.90. The molecule has 0 spiro atoms. The number of aliphatic carboxylic acids is 1. The fourth-order valence-corrected chi connectivity index (χ4v) is 4.19. The molecule has 0 aliphatic rings. The number of para-hydroxylation sites is 1. The standard InChI is InChI=1S/C30H32N2O5/c1-30(2,3)21-14-15-22(27(16-21)37-19-28(33)34)24-17-25(23-12-9-13-26(35-4)29(23)36-5)32(31-24)18-20-10-7-6-8-11-20/h6-17H,18-19H2,1-5H3,(H,33,34). The zero-order valence-corrected chi connectivity index (χ0v) is 21.8. The lowest BCUT2D eigenvalue weighted by Gasteiger charge is -2.21. The van der Waals surface area contributed by atoms with E-state index in [1.54, 1.807) is 14.2 Å². The van der Waals surface area contributed by atoms with Crippen LogP contribution in [0.2, 0.25) is 0 Å². The molecule has 1 aromatic heterocycles. The maximum Gasteiger partial charge on any atom is 0.341 e. The predicted molar refractivity (Wildman–Crippen MR) is 144 cm³/mol. The highest BCUT2D eigenvalue weighted by Gasteiger charge is 2.22. The van der Waals surface area contributed by atoms with Crippen LogP contribution in [0.3, 0.4) is 0 Å². The minimum absolute atomic E-state index is 0.133. The van der Waals surface area contributed by atoms with Crippen molar-refractivity contribution in [3.8, 4) is 39.8 Å². The van der Waals surface area contributed by atoms with E-state index in [2.05, 4.69) is 20.8 Å². The average molecular weight is 501 g/mol. The van der Waals surface area contributed by atoms with Crippen LogP contribution in [0.4, 0.5) is 0 Å². The molecule has 7 heteroatoms. The summed E-state index contributed by atoms with van der Waals surface area (Å²) in [4.78, 5) is 11.3. The monoisotopic (exact) mass is 500 g/mol. The molecule has 0 amide bonds. The van der Waals surface area contributed by atoms with Crippen LogP contribution >= 0.6 is 0 Å². The van der Waals surface area contributed by atoms with Gasteiger partial charge in [-0.05, 0) is 46.9 Å². The van der Waals surface area contributed by atoms with Crippen molar-refractivity contribution in [1.29, 1.82) is 0 Å². The lowest BCUT2D eigenvalue weighted by atomic mass is 9.86. The van der Waals surface area contributed by atoms with Crippen LogP contribution in [-0.4, -0.2) is 41.7 Å². The fraction of sp³-hybridized carbons (Fsp3) is 0.267. The Morgan fingerprint density at radius 1 is 0.892 bits per heavy atom. The molecule has 0 saturated heterocycles. The smallest absolute Gasteiger partial charge is 0.341 e. The second-order valence-corrected chi connectivity index (χ2v) is 9.74. The highest BCUT2D eigenvalue weighted by molar-refractivity contribution is 5.78. The SMILES string of the molecule is COc1cccc(-c2cc(-c3ccc(C(C)(C)C)cc3OCC(=O)O)nn2Cc2ccccc2)c1OC. The van der Waals surface area contributed by atoms with Crippen LogP contribution in [-0.2, 0) is 16.8 Å². The molecule has 7 nitrogen and oxygen atoms in total. The van der Waals surface area contributed by atoms with Crippen molar-refractivity contribution in [2.45, 2.75) is 32.7 Å². The van der Waals surface area contributed by atoms with Gasteiger partial charge in [-0.2, -0.15) is 5.10 Å². The van der Waals surface area contributed by atoms with Crippen molar-refractivity contribution in [1.82, 2.24) is 9.78 Å². The normalized spacial score (nSPS) is 11.3. The average Bonchev–Trinajstić information content (AvgIpc) is 3.29. The van der Waals surface area contributed by atoms with Gasteiger partial charge in [-0.25, -0.2) is 4.79 Å². The molecule has 4 aromatic rings. The predicted octanol–water partition coefficient (Wildman–Crippen LogP) is 6.04. The number of nitrogens with zero attached hydrogens (tertiary/aromatic N) is 2. The highest BCUT2D eigenvalue weighted by atomic mass is 16.5. The maximum absolute atomic E-state index is 11.3. The van der Waals surface area contributed by atoms with Gasteiger partial charge in [0.15, 0.2) is 18.1 Å². The summed E-state index contributed by atoms with van der Waals surface area (Å²) in [6.07, 6.45) is 0. The lowest BCUT2D eigenvalue weighted by Crippen LogP contribution is -2.13. The third-order valence-corrected chi connectivity index (χ3v) is 6.11. The first-order valence-corrected chi connectivity index (χ1v) is 12.0. The molecule has 0 bridgehead atoms. The van der Waals surface area contributed by atoms with E-state index in [0.29, 0.717) is 35.1 Å². The number of carboxylic acid groups (broad SMARTS) is 1. The molecule has 1 N–H and O–H groups in total. The lowest BCUT2D eigenvalue weighted by molar-refractivity contribution is -0.139. The van der Waals surface area contributed by atoms with Crippen LogP contribution in [0.15, 0.2) is 72.8 Å². The summed E-state index contributed by atoms with van der Waals surface area (Å²) in [5.74, 6) is 0.664. The number of rotatable bonds is 9. The Morgan fingerprint density at radius 2 is 1.65 bits per heavy atom. The molecule has 0 atom stereocenters. The van der Waals surface area contributed by atoms with Gasteiger partial charge in [-0.1, -0.05) is 63.2 Å². The molecule has 192 valence electrons. The fourth-order valence-electron chi connectivity index (χ4n) is 4.19. The zero-order valence-electron chi connectivity index (χ0n) is 21.8. The van der Waals surface area contributed by atoms with E-state index < -0.39 is 12.6 Å². The largest absolute Gasteiger partial charge is 0.493 e. The van der Waals surface area contributed by atoms with Crippen LogP contribution in [0.5, 0.6) is 17.2 Å². The highest BCUT2D eigenvalue weighted by Crippen LogP contribution is 2.41. The van der Waals surface area contributed by atoms with E-state index in [1.165, 1.54) is 0 Å². The van der Waals surface area contributed by atoms with E-state index in [9.17, 15) is 9.90 Å². The van der Waals surface area contributed by atoms with Gasteiger partial charge in [0.2, 0.25) is 0 Å². The van der Waals surface area contributed by atoms with Crippen molar-refractivity contribution in [3.05, 3.63) is 83.9 Å². The Kier molecular flexibility index (Phi) is 7.53. The number of methoxy groups -OCH3 is 2. The van der Waals surface area contributed by atoms with E-state index in [4.69, 9.17) is 19.3 Å². The number of aromatic nitrogens is 2. The van der Waals surface area contributed by atoms with Gasteiger partial charge in [0, 0.05) is 11.1 Å². The summed E-state index contributed by atoms with van der Waals surface area (Å²) in [5, 5.41) is 14.2. The third kappa shape index (κ3) is 5.77. The first-order chi connectivity index (χ1) is 17.7. The van der Waals surface area contributed by atoms with E-state index in [0.717, 1.165) is 22.4 Å². The van der Waals surface area contributed by atoms with Gasteiger partial charge in [-0.3, -0.25) is 4.68 Å². The first kappa shape index (κ1) is 25.8. The van der Waals surface area contributed by atoms with Gasteiger partial charge >= 0.3 is 5.97 Å². The quantitative estimate of drug-likeness (QED) is 0.302. The Labute approximate surface area is 217 Å². The van der Waals surface area contributed by atoms with Crippen molar-refractivity contribution >= 4 is 5.97 Å². The first-order valence-electron chi connectivity index (χ1n) is 12.0. The molecule has 0 fully saturated rings.